The number of hydrogen-bond donors (Lipinski definition) is 0. The highest BCUT2D eigenvalue weighted by atomic mass is 16.7. The lowest BCUT2D eigenvalue weighted by molar-refractivity contribution is -0.138. The summed E-state index contributed by atoms with van der Waals surface area (Å²) in [6, 6.07) is 0. The van der Waals surface area contributed by atoms with E-state index in [9.17, 15) is 4.79 Å². The van der Waals surface area contributed by atoms with Crippen molar-refractivity contribution in [3.8, 4) is 0 Å². The van der Waals surface area contributed by atoms with Gasteiger partial charge in [-0.2, -0.15) is 0 Å². The number of amides is 1. The number of carbonyl (C=O) groups is 1. The lowest BCUT2D eigenvalue weighted by Gasteiger charge is -2.20. The molecule has 1 aliphatic heterocycles. The first kappa shape index (κ1) is 16.7. The zero-order valence-electron chi connectivity index (χ0n) is 13.3. The summed E-state index contributed by atoms with van der Waals surface area (Å²) in [5.41, 5.74) is 1.40. The molecular formula is C15H25NO4. The van der Waals surface area contributed by atoms with Gasteiger partial charge in [-0.25, -0.2) is 0 Å². The fourth-order valence-electron chi connectivity index (χ4n) is 2.16. The first-order chi connectivity index (χ1) is 9.18. The van der Waals surface area contributed by atoms with Crippen LogP contribution in [0.15, 0.2) is 23.5 Å². The number of hydrogen-bond acceptors (Lipinski definition) is 4. The molecule has 1 unspecified atom stereocenters. The molecule has 0 aliphatic carbocycles. The highest BCUT2D eigenvalue weighted by molar-refractivity contribution is 5.93. The summed E-state index contributed by atoms with van der Waals surface area (Å²) in [5, 5.41) is 0. The van der Waals surface area contributed by atoms with E-state index in [1.54, 1.807) is 28.1 Å². The fraction of sp³-hybridized carbons (Fsp3) is 0.667. The van der Waals surface area contributed by atoms with Gasteiger partial charge in [-0.3, -0.25) is 4.79 Å². The van der Waals surface area contributed by atoms with E-state index in [0.29, 0.717) is 24.4 Å². The molecule has 0 N–H and O–H groups in total. The van der Waals surface area contributed by atoms with Crippen LogP contribution in [0.1, 0.15) is 27.2 Å². The number of allylic oxidation sites excluding steroid dienone is 1. The summed E-state index contributed by atoms with van der Waals surface area (Å²) < 4.78 is 16.5. The molecule has 0 saturated carbocycles. The van der Waals surface area contributed by atoms with Crippen LogP contribution in [-0.2, 0) is 19.0 Å². The van der Waals surface area contributed by atoms with Gasteiger partial charge in [0.15, 0.2) is 5.79 Å². The molecule has 0 radical (unpaired) electrons. The van der Waals surface area contributed by atoms with E-state index in [4.69, 9.17) is 14.2 Å². The molecule has 0 bridgehead atoms. The Bertz CT molecular complexity index is 424. The summed E-state index contributed by atoms with van der Waals surface area (Å²) in [6.45, 7) is 9.89. The summed E-state index contributed by atoms with van der Waals surface area (Å²) in [5.74, 6) is -0.147. The summed E-state index contributed by atoms with van der Waals surface area (Å²) >= 11 is 0. The SMILES string of the molecule is C=C(OC)/C(CC1COC(C)(C)O1)=C(\C)C(=O)N(C)C. The van der Waals surface area contributed by atoms with E-state index < -0.39 is 5.79 Å². The molecule has 0 aromatic rings. The number of rotatable bonds is 5. The third-order valence-corrected chi connectivity index (χ3v) is 3.26. The van der Waals surface area contributed by atoms with Crippen molar-refractivity contribution in [2.75, 3.05) is 27.8 Å². The van der Waals surface area contributed by atoms with Gasteiger partial charge < -0.3 is 19.1 Å². The van der Waals surface area contributed by atoms with Crippen LogP contribution in [0.2, 0.25) is 0 Å². The number of nitrogens with zero attached hydrogens (tertiary/aromatic N) is 1. The van der Waals surface area contributed by atoms with Crippen molar-refractivity contribution in [3.63, 3.8) is 0 Å². The minimum absolute atomic E-state index is 0.0589. The number of methoxy groups -OCH3 is 1. The van der Waals surface area contributed by atoms with Crippen molar-refractivity contribution in [3.05, 3.63) is 23.5 Å². The normalized spacial score (nSPS) is 22.2. The predicted molar refractivity (Wildman–Crippen MR) is 77.1 cm³/mol. The van der Waals surface area contributed by atoms with Crippen LogP contribution in [0.4, 0.5) is 0 Å². The average molecular weight is 283 g/mol. The predicted octanol–water partition coefficient (Wildman–Crippen LogP) is 2.09. The molecule has 0 spiro atoms. The van der Waals surface area contributed by atoms with Crippen LogP contribution in [0.3, 0.4) is 0 Å². The van der Waals surface area contributed by atoms with Crippen molar-refractivity contribution < 1.29 is 19.0 Å². The molecule has 0 aromatic heterocycles. The first-order valence-corrected chi connectivity index (χ1v) is 6.64. The Morgan fingerprint density at radius 2 is 2.05 bits per heavy atom. The Kier molecular flexibility index (Phi) is 5.36. The lowest BCUT2D eigenvalue weighted by Crippen LogP contribution is -2.25. The topological polar surface area (TPSA) is 48.0 Å². The van der Waals surface area contributed by atoms with Gasteiger partial charge in [-0.1, -0.05) is 6.58 Å². The molecule has 1 aliphatic rings. The fourth-order valence-corrected chi connectivity index (χ4v) is 2.16. The second kappa shape index (κ2) is 6.41. The van der Waals surface area contributed by atoms with E-state index in [1.165, 1.54) is 4.90 Å². The molecule has 1 heterocycles. The first-order valence-electron chi connectivity index (χ1n) is 6.64. The number of likely N-dealkylation sites (N-methyl/N-ethyl adjacent to an activating group) is 1. The van der Waals surface area contributed by atoms with Crippen LogP contribution in [0, 0.1) is 0 Å². The van der Waals surface area contributed by atoms with Crippen LogP contribution >= 0.6 is 0 Å². The monoisotopic (exact) mass is 283 g/mol. The largest absolute Gasteiger partial charge is 0.497 e. The second-order valence-electron chi connectivity index (χ2n) is 5.59. The van der Waals surface area contributed by atoms with Gasteiger partial charge in [0.05, 0.1) is 19.8 Å². The molecular weight excluding hydrogens is 258 g/mol. The van der Waals surface area contributed by atoms with Gasteiger partial charge >= 0.3 is 0 Å². The van der Waals surface area contributed by atoms with E-state index in [-0.39, 0.29) is 12.0 Å². The molecule has 114 valence electrons. The summed E-state index contributed by atoms with van der Waals surface area (Å²) in [7, 11) is 4.99. The van der Waals surface area contributed by atoms with Crippen LogP contribution in [0.25, 0.3) is 0 Å². The zero-order chi connectivity index (χ0) is 15.5. The van der Waals surface area contributed by atoms with Gasteiger partial charge in [0.2, 0.25) is 5.91 Å². The van der Waals surface area contributed by atoms with Gasteiger partial charge in [-0.05, 0) is 20.8 Å². The van der Waals surface area contributed by atoms with Crippen LogP contribution < -0.4 is 0 Å². The van der Waals surface area contributed by atoms with Crippen molar-refractivity contribution in [2.24, 2.45) is 0 Å². The maximum absolute atomic E-state index is 12.1. The Labute approximate surface area is 121 Å². The maximum Gasteiger partial charge on any atom is 0.249 e. The molecule has 5 heteroatoms. The van der Waals surface area contributed by atoms with Crippen LogP contribution in [0.5, 0.6) is 0 Å². The molecule has 1 fully saturated rings. The molecule has 1 saturated heterocycles. The minimum Gasteiger partial charge on any atom is -0.497 e. The molecule has 0 aromatic carbocycles. The Hall–Kier alpha value is -1.33. The van der Waals surface area contributed by atoms with Crippen molar-refractivity contribution in [1.82, 2.24) is 4.90 Å². The standard InChI is InChI=1S/C15H25NO4/c1-10(14(17)16(5)6)13(11(2)18-7)8-12-9-19-15(3,4)20-12/h12H,2,8-9H2,1,3-7H3/b13-10+. The Morgan fingerprint density at radius 1 is 1.45 bits per heavy atom. The highest BCUT2D eigenvalue weighted by Gasteiger charge is 2.34. The molecule has 20 heavy (non-hydrogen) atoms. The van der Waals surface area contributed by atoms with Gasteiger partial charge in [0, 0.05) is 31.7 Å². The van der Waals surface area contributed by atoms with E-state index >= 15 is 0 Å². The Balaban J connectivity index is 2.94. The Morgan fingerprint density at radius 3 is 2.45 bits per heavy atom. The van der Waals surface area contributed by atoms with E-state index in [2.05, 4.69) is 6.58 Å². The summed E-state index contributed by atoms with van der Waals surface area (Å²) in [6.07, 6.45) is 0.443. The lowest BCUT2D eigenvalue weighted by atomic mass is 10.0. The zero-order valence-corrected chi connectivity index (χ0v) is 13.3. The number of ether oxygens (including phenoxy) is 3. The van der Waals surface area contributed by atoms with Crippen molar-refractivity contribution in [2.45, 2.75) is 39.1 Å². The number of carbonyl (C=O) groups excluding carboxylic acids is 1. The smallest absolute Gasteiger partial charge is 0.249 e. The van der Waals surface area contributed by atoms with Gasteiger partial charge in [0.1, 0.15) is 5.76 Å². The van der Waals surface area contributed by atoms with Crippen molar-refractivity contribution in [1.29, 1.82) is 0 Å². The molecule has 5 nitrogen and oxygen atoms in total. The second-order valence-corrected chi connectivity index (χ2v) is 5.59. The van der Waals surface area contributed by atoms with Gasteiger partial charge in [0.25, 0.3) is 0 Å². The molecule has 1 rings (SSSR count). The summed E-state index contributed by atoms with van der Waals surface area (Å²) in [4.78, 5) is 13.6. The van der Waals surface area contributed by atoms with E-state index in [0.717, 1.165) is 5.57 Å². The van der Waals surface area contributed by atoms with Crippen molar-refractivity contribution >= 4 is 5.91 Å². The molecule has 1 atom stereocenters. The third-order valence-electron chi connectivity index (χ3n) is 3.26. The average Bonchev–Trinajstić information content (AvgIpc) is 2.72. The van der Waals surface area contributed by atoms with Gasteiger partial charge in [-0.15, -0.1) is 0 Å². The maximum atomic E-state index is 12.1. The molecule has 1 amide bonds. The highest BCUT2D eigenvalue weighted by Crippen LogP contribution is 2.29. The third kappa shape index (κ3) is 4.08. The van der Waals surface area contributed by atoms with Crippen LogP contribution in [-0.4, -0.2) is 50.5 Å². The quantitative estimate of drug-likeness (QED) is 0.440. The van der Waals surface area contributed by atoms with E-state index in [1.807, 2.05) is 13.8 Å². The minimum atomic E-state index is -0.580.